The minimum atomic E-state index is 0.0637. The van der Waals surface area contributed by atoms with Crippen LogP contribution in [0, 0.1) is 0 Å². The number of benzene rings is 1. The molecule has 1 amide bonds. The van der Waals surface area contributed by atoms with Crippen LogP contribution in [-0.4, -0.2) is 51.3 Å². The molecule has 1 aliphatic rings. The maximum atomic E-state index is 12.6. The van der Waals surface area contributed by atoms with Crippen molar-refractivity contribution in [1.29, 1.82) is 0 Å². The molecule has 0 bridgehead atoms. The third-order valence-electron chi connectivity index (χ3n) is 3.76. The molecule has 4 nitrogen and oxygen atoms in total. The standard InChI is InChI=1S/C16H23NO3/c1-19-10-8-17(9-11-20-2)16(18)15-7-6-13-4-3-5-14(13)12-15/h6-7,12H,3-5,8-11H2,1-2H3. The van der Waals surface area contributed by atoms with Crippen molar-refractivity contribution < 1.29 is 14.3 Å². The van der Waals surface area contributed by atoms with Crippen molar-refractivity contribution in [3.8, 4) is 0 Å². The van der Waals surface area contributed by atoms with E-state index in [-0.39, 0.29) is 5.91 Å². The van der Waals surface area contributed by atoms with Gasteiger partial charge in [-0.3, -0.25) is 4.79 Å². The third-order valence-corrected chi connectivity index (χ3v) is 3.76. The lowest BCUT2D eigenvalue weighted by Gasteiger charge is -2.22. The maximum absolute atomic E-state index is 12.6. The van der Waals surface area contributed by atoms with Crippen LogP contribution in [0.5, 0.6) is 0 Å². The van der Waals surface area contributed by atoms with Gasteiger partial charge in [-0.15, -0.1) is 0 Å². The second-order valence-electron chi connectivity index (χ2n) is 5.11. The topological polar surface area (TPSA) is 38.8 Å². The van der Waals surface area contributed by atoms with Gasteiger partial charge in [-0.05, 0) is 42.5 Å². The highest BCUT2D eigenvalue weighted by molar-refractivity contribution is 5.94. The predicted molar refractivity (Wildman–Crippen MR) is 78.1 cm³/mol. The number of carbonyl (C=O) groups excluding carboxylic acids is 1. The Balaban J connectivity index is 2.09. The number of methoxy groups -OCH3 is 2. The van der Waals surface area contributed by atoms with Crippen molar-refractivity contribution in [2.24, 2.45) is 0 Å². The first-order valence-corrected chi connectivity index (χ1v) is 7.15. The Morgan fingerprint density at radius 1 is 1.10 bits per heavy atom. The third kappa shape index (κ3) is 3.58. The van der Waals surface area contributed by atoms with Crippen LogP contribution in [0.2, 0.25) is 0 Å². The second kappa shape index (κ2) is 7.41. The first-order valence-electron chi connectivity index (χ1n) is 7.15. The molecule has 4 heteroatoms. The summed E-state index contributed by atoms with van der Waals surface area (Å²) in [6.07, 6.45) is 3.43. The van der Waals surface area contributed by atoms with Crippen LogP contribution in [0.1, 0.15) is 27.9 Å². The van der Waals surface area contributed by atoms with E-state index in [0.29, 0.717) is 26.3 Å². The smallest absolute Gasteiger partial charge is 0.254 e. The Morgan fingerprint density at radius 2 is 1.75 bits per heavy atom. The van der Waals surface area contributed by atoms with Gasteiger partial charge in [-0.25, -0.2) is 0 Å². The van der Waals surface area contributed by atoms with Crippen molar-refractivity contribution in [3.63, 3.8) is 0 Å². The van der Waals surface area contributed by atoms with Crippen molar-refractivity contribution in [1.82, 2.24) is 4.90 Å². The van der Waals surface area contributed by atoms with Crippen LogP contribution in [0.25, 0.3) is 0 Å². The fraction of sp³-hybridized carbons (Fsp3) is 0.562. The van der Waals surface area contributed by atoms with Gasteiger partial charge in [-0.2, -0.15) is 0 Å². The summed E-state index contributed by atoms with van der Waals surface area (Å²) in [4.78, 5) is 14.4. The minimum Gasteiger partial charge on any atom is -0.383 e. The number of ether oxygens (including phenoxy) is 2. The van der Waals surface area contributed by atoms with Gasteiger partial charge in [0.05, 0.1) is 13.2 Å². The Hall–Kier alpha value is -1.39. The van der Waals surface area contributed by atoms with Gasteiger partial charge in [0.15, 0.2) is 0 Å². The average Bonchev–Trinajstić information content (AvgIpc) is 2.94. The van der Waals surface area contributed by atoms with E-state index in [1.54, 1.807) is 19.1 Å². The maximum Gasteiger partial charge on any atom is 0.254 e. The van der Waals surface area contributed by atoms with Crippen LogP contribution in [0.3, 0.4) is 0 Å². The van der Waals surface area contributed by atoms with Crippen molar-refractivity contribution in [3.05, 3.63) is 34.9 Å². The summed E-state index contributed by atoms with van der Waals surface area (Å²) in [6, 6.07) is 6.09. The molecule has 0 saturated carbocycles. The van der Waals surface area contributed by atoms with Gasteiger partial charge in [0, 0.05) is 32.9 Å². The van der Waals surface area contributed by atoms with E-state index in [2.05, 4.69) is 12.1 Å². The van der Waals surface area contributed by atoms with Crippen LogP contribution in [0.15, 0.2) is 18.2 Å². The normalized spacial score (nSPS) is 13.3. The van der Waals surface area contributed by atoms with E-state index in [4.69, 9.17) is 9.47 Å². The first kappa shape index (κ1) is 15.0. The predicted octanol–water partition coefficient (Wildman–Crippen LogP) is 1.91. The molecule has 0 unspecified atom stereocenters. The zero-order valence-corrected chi connectivity index (χ0v) is 12.4. The molecule has 0 saturated heterocycles. The van der Waals surface area contributed by atoms with Gasteiger partial charge in [0.25, 0.3) is 5.91 Å². The summed E-state index contributed by atoms with van der Waals surface area (Å²) >= 11 is 0. The van der Waals surface area contributed by atoms with Crippen molar-refractivity contribution >= 4 is 5.91 Å². The highest BCUT2D eigenvalue weighted by atomic mass is 16.5. The molecule has 0 N–H and O–H groups in total. The second-order valence-corrected chi connectivity index (χ2v) is 5.11. The average molecular weight is 277 g/mol. The van der Waals surface area contributed by atoms with Crippen molar-refractivity contribution in [2.45, 2.75) is 19.3 Å². The van der Waals surface area contributed by atoms with E-state index in [1.165, 1.54) is 17.5 Å². The first-order chi connectivity index (χ1) is 9.76. The Bertz CT molecular complexity index is 451. The van der Waals surface area contributed by atoms with Gasteiger partial charge < -0.3 is 14.4 Å². The lowest BCUT2D eigenvalue weighted by molar-refractivity contribution is 0.0627. The van der Waals surface area contributed by atoms with E-state index in [1.807, 2.05) is 6.07 Å². The number of hydrogen-bond donors (Lipinski definition) is 0. The molecule has 1 aliphatic carbocycles. The summed E-state index contributed by atoms with van der Waals surface area (Å²) in [5.74, 6) is 0.0637. The number of nitrogens with zero attached hydrogens (tertiary/aromatic N) is 1. The summed E-state index contributed by atoms with van der Waals surface area (Å²) in [7, 11) is 3.29. The quantitative estimate of drug-likeness (QED) is 0.764. The molecular weight excluding hydrogens is 254 g/mol. The van der Waals surface area contributed by atoms with E-state index in [9.17, 15) is 4.79 Å². The molecule has 1 aromatic carbocycles. The SMILES string of the molecule is COCCN(CCOC)C(=O)c1ccc2c(c1)CCC2. The highest BCUT2D eigenvalue weighted by Crippen LogP contribution is 2.23. The molecular formula is C16H23NO3. The highest BCUT2D eigenvalue weighted by Gasteiger charge is 2.18. The summed E-state index contributed by atoms with van der Waals surface area (Å²) in [6.45, 7) is 2.27. The summed E-state index contributed by atoms with van der Waals surface area (Å²) in [5.41, 5.74) is 3.49. The number of rotatable bonds is 7. The van der Waals surface area contributed by atoms with Gasteiger partial charge in [0.2, 0.25) is 0 Å². The van der Waals surface area contributed by atoms with E-state index in [0.717, 1.165) is 18.4 Å². The largest absolute Gasteiger partial charge is 0.383 e. The lowest BCUT2D eigenvalue weighted by Crippen LogP contribution is -2.36. The van der Waals surface area contributed by atoms with Crippen LogP contribution < -0.4 is 0 Å². The van der Waals surface area contributed by atoms with Gasteiger partial charge in [0.1, 0.15) is 0 Å². The van der Waals surface area contributed by atoms with E-state index < -0.39 is 0 Å². The molecule has 20 heavy (non-hydrogen) atoms. The molecule has 0 aromatic heterocycles. The van der Waals surface area contributed by atoms with Crippen LogP contribution in [0.4, 0.5) is 0 Å². The summed E-state index contributed by atoms with van der Waals surface area (Å²) < 4.78 is 10.2. The zero-order chi connectivity index (χ0) is 14.4. The Morgan fingerprint density at radius 3 is 2.40 bits per heavy atom. The fourth-order valence-corrected chi connectivity index (χ4v) is 2.61. The number of carbonyl (C=O) groups is 1. The molecule has 0 radical (unpaired) electrons. The molecule has 110 valence electrons. The Labute approximate surface area is 120 Å². The number of amides is 1. The lowest BCUT2D eigenvalue weighted by atomic mass is 10.1. The van der Waals surface area contributed by atoms with E-state index >= 15 is 0 Å². The van der Waals surface area contributed by atoms with Gasteiger partial charge in [-0.1, -0.05) is 6.07 Å². The molecule has 0 heterocycles. The Kier molecular flexibility index (Phi) is 5.56. The molecule has 2 rings (SSSR count). The molecule has 1 aromatic rings. The molecule has 0 spiro atoms. The van der Waals surface area contributed by atoms with Crippen LogP contribution in [-0.2, 0) is 22.3 Å². The minimum absolute atomic E-state index is 0.0637. The van der Waals surface area contributed by atoms with Crippen molar-refractivity contribution in [2.75, 3.05) is 40.5 Å². The molecule has 0 aliphatic heterocycles. The van der Waals surface area contributed by atoms with Crippen LogP contribution >= 0.6 is 0 Å². The number of aryl methyl sites for hydroxylation is 2. The fourth-order valence-electron chi connectivity index (χ4n) is 2.61. The number of hydrogen-bond acceptors (Lipinski definition) is 3. The number of fused-ring (bicyclic) bond motifs is 1. The zero-order valence-electron chi connectivity index (χ0n) is 12.4. The molecule has 0 fully saturated rings. The summed E-state index contributed by atoms with van der Waals surface area (Å²) in [5, 5.41) is 0. The molecule has 0 atom stereocenters. The van der Waals surface area contributed by atoms with Gasteiger partial charge >= 0.3 is 0 Å². The monoisotopic (exact) mass is 277 g/mol.